The van der Waals surface area contributed by atoms with Crippen LogP contribution in [0.4, 0.5) is 0 Å². The first-order valence-electron chi connectivity index (χ1n) is 9.55. The maximum Gasteiger partial charge on any atom is 0.220 e. The number of nitrogens with zero attached hydrogens (tertiary/aromatic N) is 3. The van der Waals surface area contributed by atoms with Crippen molar-refractivity contribution in [3.05, 3.63) is 28.7 Å². The van der Waals surface area contributed by atoms with Crippen molar-refractivity contribution in [2.24, 2.45) is 5.92 Å². The number of carbonyl (C=O) groups is 1. The minimum Gasteiger partial charge on any atom is -0.356 e. The third kappa shape index (κ3) is 5.03. The summed E-state index contributed by atoms with van der Waals surface area (Å²) in [5.41, 5.74) is 5.04. The molecule has 5 heteroatoms. The number of unbranched alkanes of at least 4 members (excludes halogenated alkanes) is 1. The van der Waals surface area contributed by atoms with Crippen molar-refractivity contribution in [3.8, 4) is 0 Å². The van der Waals surface area contributed by atoms with Gasteiger partial charge in [-0.05, 0) is 45.1 Å². The average Bonchev–Trinajstić information content (AvgIpc) is 2.95. The second kappa shape index (κ2) is 8.97. The molecule has 0 spiro atoms. The topological polar surface area (TPSA) is 59.3 Å². The van der Waals surface area contributed by atoms with Crippen LogP contribution in [0.2, 0.25) is 0 Å². The largest absolute Gasteiger partial charge is 0.356 e. The summed E-state index contributed by atoms with van der Waals surface area (Å²) < 4.78 is 1.88. The Kier molecular flexibility index (Phi) is 6.97. The molecule has 2 heterocycles. The number of carbonyl (C=O) groups excluding carboxylic acids is 1. The second-order valence-electron chi connectivity index (χ2n) is 7.04. The number of nitrogens with one attached hydrogen (secondary N) is 1. The van der Waals surface area contributed by atoms with Gasteiger partial charge in [-0.15, -0.1) is 0 Å². The molecule has 0 fully saturated rings. The highest BCUT2D eigenvalue weighted by Gasteiger charge is 2.13. The quantitative estimate of drug-likeness (QED) is 0.750. The molecule has 0 aliphatic rings. The molecule has 0 saturated heterocycles. The van der Waals surface area contributed by atoms with E-state index in [9.17, 15) is 4.79 Å². The van der Waals surface area contributed by atoms with Crippen molar-refractivity contribution in [2.45, 2.75) is 73.1 Å². The Morgan fingerprint density at radius 3 is 2.72 bits per heavy atom. The van der Waals surface area contributed by atoms with E-state index >= 15 is 0 Å². The summed E-state index contributed by atoms with van der Waals surface area (Å²) in [7, 11) is 0. The highest BCUT2D eigenvalue weighted by atomic mass is 16.1. The zero-order valence-electron chi connectivity index (χ0n) is 16.4. The summed E-state index contributed by atoms with van der Waals surface area (Å²) in [6.45, 7) is 11.2. The highest BCUT2D eigenvalue weighted by Crippen LogP contribution is 2.17. The molecule has 1 unspecified atom stereocenters. The fraction of sp³-hybridized carbons (Fsp3) is 0.650. The Hall–Kier alpha value is -1.91. The fourth-order valence-electron chi connectivity index (χ4n) is 3.33. The van der Waals surface area contributed by atoms with Gasteiger partial charge in [-0.3, -0.25) is 4.79 Å². The summed E-state index contributed by atoms with van der Waals surface area (Å²) in [4.78, 5) is 16.9. The molecule has 0 aromatic carbocycles. The maximum atomic E-state index is 12.2. The van der Waals surface area contributed by atoms with Crippen LogP contribution >= 0.6 is 0 Å². The van der Waals surface area contributed by atoms with E-state index in [-0.39, 0.29) is 5.91 Å². The van der Waals surface area contributed by atoms with E-state index in [1.807, 2.05) is 24.4 Å². The summed E-state index contributed by atoms with van der Waals surface area (Å²) >= 11 is 0. The molecule has 0 radical (unpaired) electrons. The molecule has 0 aliphatic carbocycles. The molecule has 0 aliphatic heterocycles. The van der Waals surface area contributed by atoms with Crippen LogP contribution in [0.5, 0.6) is 0 Å². The van der Waals surface area contributed by atoms with Crippen molar-refractivity contribution >= 4 is 11.6 Å². The third-order valence-corrected chi connectivity index (χ3v) is 5.02. The number of hydrogen-bond acceptors (Lipinski definition) is 3. The minimum absolute atomic E-state index is 0.130. The van der Waals surface area contributed by atoms with E-state index in [1.165, 1.54) is 19.3 Å². The molecule has 5 nitrogen and oxygen atoms in total. The first-order valence-corrected chi connectivity index (χ1v) is 9.55. The molecule has 0 saturated carbocycles. The lowest BCUT2D eigenvalue weighted by molar-refractivity contribution is -0.121. The third-order valence-electron chi connectivity index (χ3n) is 5.02. The first kappa shape index (κ1) is 19.4. The number of aromatic nitrogens is 3. The molecule has 2 aromatic heterocycles. The smallest absolute Gasteiger partial charge is 0.220 e. The molecule has 2 aromatic rings. The van der Waals surface area contributed by atoms with Crippen molar-refractivity contribution < 1.29 is 4.79 Å². The van der Waals surface area contributed by atoms with Gasteiger partial charge < -0.3 is 5.32 Å². The molecular weight excluding hydrogens is 312 g/mol. The number of rotatable bonds is 9. The predicted molar refractivity (Wildman–Crippen MR) is 102 cm³/mol. The van der Waals surface area contributed by atoms with Crippen LogP contribution in [0, 0.1) is 26.7 Å². The van der Waals surface area contributed by atoms with Gasteiger partial charge in [0, 0.05) is 30.4 Å². The molecule has 0 bridgehead atoms. The Morgan fingerprint density at radius 1 is 1.28 bits per heavy atom. The van der Waals surface area contributed by atoms with Gasteiger partial charge in [-0.25, -0.2) is 9.50 Å². The zero-order chi connectivity index (χ0) is 18.4. The molecule has 2 rings (SSSR count). The van der Waals surface area contributed by atoms with Gasteiger partial charge in [0.25, 0.3) is 0 Å². The Morgan fingerprint density at radius 2 is 2.04 bits per heavy atom. The summed E-state index contributed by atoms with van der Waals surface area (Å²) in [5, 5.41) is 7.61. The summed E-state index contributed by atoms with van der Waals surface area (Å²) in [6.07, 6.45) is 5.98. The molecule has 25 heavy (non-hydrogen) atoms. The van der Waals surface area contributed by atoms with E-state index in [0.29, 0.717) is 18.8 Å². The van der Waals surface area contributed by atoms with Crippen molar-refractivity contribution in [3.63, 3.8) is 0 Å². The van der Waals surface area contributed by atoms with Gasteiger partial charge >= 0.3 is 0 Å². The zero-order valence-corrected chi connectivity index (χ0v) is 16.4. The van der Waals surface area contributed by atoms with Gasteiger partial charge in [0.1, 0.15) is 0 Å². The van der Waals surface area contributed by atoms with E-state index in [0.717, 1.165) is 41.3 Å². The lowest BCUT2D eigenvalue weighted by atomic mass is 9.99. The standard InChI is InChI=1S/C20H32N4O/c1-6-8-9-17(7-2)13-21-20(25)11-10-18-15(4)22-19-12-14(3)23-24(19)16(18)5/h12,17H,6-11,13H2,1-5H3,(H,21,25). The number of amides is 1. The Bertz CT molecular complexity index is 720. The first-order chi connectivity index (χ1) is 12.0. The Labute approximate surface area is 151 Å². The maximum absolute atomic E-state index is 12.2. The number of fused-ring (bicyclic) bond motifs is 1. The van der Waals surface area contributed by atoms with Gasteiger partial charge in [0.2, 0.25) is 5.91 Å². The normalized spacial score (nSPS) is 12.5. The molecule has 1 atom stereocenters. The van der Waals surface area contributed by atoms with Gasteiger partial charge in [-0.1, -0.05) is 33.1 Å². The van der Waals surface area contributed by atoms with Crippen LogP contribution in [0.3, 0.4) is 0 Å². The molecule has 1 amide bonds. The lowest BCUT2D eigenvalue weighted by Crippen LogP contribution is -2.29. The molecular formula is C20H32N4O. The van der Waals surface area contributed by atoms with Crippen LogP contribution in [0.1, 0.15) is 68.6 Å². The van der Waals surface area contributed by atoms with Crippen molar-refractivity contribution in [1.29, 1.82) is 0 Å². The van der Waals surface area contributed by atoms with Crippen LogP contribution < -0.4 is 5.32 Å². The summed E-state index contributed by atoms with van der Waals surface area (Å²) in [5.74, 6) is 0.725. The summed E-state index contributed by atoms with van der Waals surface area (Å²) in [6, 6.07) is 1.98. The average molecular weight is 345 g/mol. The van der Waals surface area contributed by atoms with Crippen molar-refractivity contribution in [1.82, 2.24) is 19.9 Å². The minimum atomic E-state index is 0.130. The monoisotopic (exact) mass is 344 g/mol. The van der Waals surface area contributed by atoms with Gasteiger partial charge in [0.15, 0.2) is 5.65 Å². The predicted octanol–water partition coefficient (Wildman–Crippen LogP) is 3.92. The van der Waals surface area contributed by atoms with Crippen LogP contribution in [0.25, 0.3) is 5.65 Å². The van der Waals surface area contributed by atoms with E-state index < -0.39 is 0 Å². The number of hydrogen-bond donors (Lipinski definition) is 1. The highest BCUT2D eigenvalue weighted by molar-refractivity contribution is 5.76. The van der Waals surface area contributed by atoms with E-state index in [4.69, 9.17) is 0 Å². The van der Waals surface area contributed by atoms with Crippen molar-refractivity contribution in [2.75, 3.05) is 6.54 Å². The lowest BCUT2D eigenvalue weighted by Gasteiger charge is -2.16. The van der Waals surface area contributed by atoms with Gasteiger partial charge in [0.05, 0.1) is 5.69 Å². The Balaban J connectivity index is 1.94. The van der Waals surface area contributed by atoms with Gasteiger partial charge in [-0.2, -0.15) is 5.10 Å². The molecule has 138 valence electrons. The second-order valence-corrected chi connectivity index (χ2v) is 7.04. The number of aryl methyl sites for hydroxylation is 3. The van der Waals surface area contributed by atoms with Crippen LogP contribution in [-0.4, -0.2) is 27.0 Å². The van der Waals surface area contributed by atoms with Crippen LogP contribution in [0.15, 0.2) is 6.07 Å². The SMILES string of the molecule is CCCCC(CC)CNC(=O)CCc1c(C)nc2cc(C)nn2c1C. The fourth-order valence-corrected chi connectivity index (χ4v) is 3.33. The van der Waals surface area contributed by atoms with Crippen LogP contribution in [-0.2, 0) is 11.2 Å². The van der Waals surface area contributed by atoms with E-state index in [1.54, 1.807) is 0 Å². The van der Waals surface area contributed by atoms with E-state index in [2.05, 4.69) is 36.2 Å². The molecule has 1 N–H and O–H groups in total.